The average molecular weight is 452 g/mol. The Morgan fingerprint density at radius 2 is 1.81 bits per heavy atom. The van der Waals surface area contributed by atoms with Crippen LogP contribution in [0.2, 0.25) is 0 Å². The van der Waals surface area contributed by atoms with Gasteiger partial charge < -0.3 is 10.1 Å². The van der Waals surface area contributed by atoms with Crippen LogP contribution in [0.3, 0.4) is 0 Å². The van der Waals surface area contributed by atoms with E-state index in [4.69, 9.17) is 0 Å². The van der Waals surface area contributed by atoms with Gasteiger partial charge in [0, 0.05) is 23.7 Å². The van der Waals surface area contributed by atoms with Crippen LogP contribution in [-0.2, 0) is 5.75 Å². The van der Waals surface area contributed by atoms with Gasteiger partial charge in [-0.2, -0.15) is 0 Å². The van der Waals surface area contributed by atoms with Crippen LogP contribution < -0.4 is 10.1 Å². The molecule has 0 saturated carbocycles. The maximum absolute atomic E-state index is 12.4. The van der Waals surface area contributed by atoms with Gasteiger partial charge in [-0.05, 0) is 51.1 Å². The Kier molecular flexibility index (Phi) is 6.78. The van der Waals surface area contributed by atoms with Crippen molar-refractivity contribution in [2.45, 2.75) is 38.0 Å². The summed E-state index contributed by atoms with van der Waals surface area (Å²) in [6.07, 6.45) is -4.78. The second-order valence-corrected chi connectivity index (χ2v) is 7.36. The van der Waals surface area contributed by atoms with E-state index in [-0.39, 0.29) is 17.2 Å². The zero-order valence-corrected chi connectivity index (χ0v) is 17.7. The standard InChI is InChI=1S/C19H19F3N6O2S/c1-4-23-17(29)16-15(10-31-18-24-11(2)9-12(3)25-18)28(27-26-16)13-5-7-14(8-6-13)30-19(20,21)22/h5-9H,4,10H2,1-3H3,(H,23,29). The van der Waals surface area contributed by atoms with Crippen molar-refractivity contribution < 1.29 is 22.7 Å². The highest BCUT2D eigenvalue weighted by molar-refractivity contribution is 7.98. The number of hydrogen-bond donors (Lipinski definition) is 1. The van der Waals surface area contributed by atoms with Crippen molar-refractivity contribution in [3.63, 3.8) is 0 Å². The lowest BCUT2D eigenvalue weighted by atomic mass is 10.2. The summed E-state index contributed by atoms with van der Waals surface area (Å²) in [7, 11) is 0. The van der Waals surface area contributed by atoms with Crippen LogP contribution in [0.1, 0.15) is 34.5 Å². The third-order valence-electron chi connectivity index (χ3n) is 3.93. The van der Waals surface area contributed by atoms with Crippen LogP contribution in [0.25, 0.3) is 5.69 Å². The molecule has 0 aliphatic heterocycles. The van der Waals surface area contributed by atoms with Crippen LogP contribution in [0.15, 0.2) is 35.5 Å². The number of carbonyl (C=O) groups excluding carboxylic acids is 1. The minimum absolute atomic E-state index is 0.120. The number of nitrogens with zero attached hydrogens (tertiary/aromatic N) is 5. The van der Waals surface area contributed by atoms with Crippen molar-refractivity contribution in [2.24, 2.45) is 0 Å². The first-order valence-electron chi connectivity index (χ1n) is 9.20. The normalized spacial score (nSPS) is 11.4. The molecule has 0 aliphatic rings. The van der Waals surface area contributed by atoms with Gasteiger partial charge >= 0.3 is 6.36 Å². The highest BCUT2D eigenvalue weighted by Gasteiger charge is 2.31. The molecule has 0 radical (unpaired) electrons. The summed E-state index contributed by atoms with van der Waals surface area (Å²) in [6.45, 7) is 5.89. The second-order valence-electron chi connectivity index (χ2n) is 6.42. The first-order valence-corrected chi connectivity index (χ1v) is 10.2. The zero-order chi connectivity index (χ0) is 22.6. The van der Waals surface area contributed by atoms with Crippen molar-refractivity contribution in [2.75, 3.05) is 6.54 Å². The number of nitrogens with one attached hydrogen (secondary N) is 1. The summed E-state index contributed by atoms with van der Waals surface area (Å²) in [6, 6.07) is 6.98. The average Bonchev–Trinajstić information content (AvgIpc) is 3.09. The van der Waals surface area contributed by atoms with E-state index >= 15 is 0 Å². The summed E-state index contributed by atoms with van der Waals surface area (Å²) in [5.74, 6) is -0.494. The van der Waals surface area contributed by atoms with Gasteiger partial charge in [0.25, 0.3) is 5.91 Å². The van der Waals surface area contributed by atoms with Crippen molar-refractivity contribution >= 4 is 17.7 Å². The number of thioether (sulfide) groups is 1. The Balaban J connectivity index is 1.92. The molecular weight excluding hydrogens is 433 g/mol. The van der Waals surface area contributed by atoms with Crippen LogP contribution in [0, 0.1) is 13.8 Å². The Morgan fingerprint density at radius 1 is 1.16 bits per heavy atom. The topological polar surface area (TPSA) is 94.8 Å². The molecule has 3 rings (SSSR count). The van der Waals surface area contributed by atoms with E-state index in [0.717, 1.165) is 11.4 Å². The molecule has 0 spiro atoms. The molecule has 2 aromatic heterocycles. The predicted octanol–water partition coefficient (Wildman–Crippen LogP) is 3.61. The minimum atomic E-state index is -4.78. The van der Waals surface area contributed by atoms with Gasteiger partial charge in [-0.25, -0.2) is 14.6 Å². The molecule has 1 amide bonds. The van der Waals surface area contributed by atoms with Crippen molar-refractivity contribution in [3.05, 3.63) is 53.1 Å². The van der Waals surface area contributed by atoms with E-state index in [1.165, 1.54) is 40.7 Å². The van der Waals surface area contributed by atoms with Crippen LogP contribution >= 0.6 is 11.8 Å². The molecule has 164 valence electrons. The van der Waals surface area contributed by atoms with Gasteiger partial charge in [0.2, 0.25) is 0 Å². The van der Waals surface area contributed by atoms with Gasteiger partial charge in [-0.3, -0.25) is 4.79 Å². The van der Waals surface area contributed by atoms with Gasteiger partial charge in [-0.15, -0.1) is 18.3 Å². The van der Waals surface area contributed by atoms with Crippen LogP contribution in [0.5, 0.6) is 5.75 Å². The third kappa shape index (κ3) is 5.94. The van der Waals surface area contributed by atoms with E-state index < -0.39 is 12.3 Å². The van der Waals surface area contributed by atoms with Crippen molar-refractivity contribution in [1.82, 2.24) is 30.3 Å². The molecule has 0 fully saturated rings. The van der Waals surface area contributed by atoms with E-state index in [9.17, 15) is 18.0 Å². The highest BCUT2D eigenvalue weighted by Crippen LogP contribution is 2.26. The molecular formula is C19H19F3N6O2S. The number of aryl methyl sites for hydroxylation is 2. The predicted molar refractivity (Wildman–Crippen MR) is 107 cm³/mol. The Morgan fingerprint density at radius 3 is 2.39 bits per heavy atom. The monoisotopic (exact) mass is 452 g/mol. The first-order chi connectivity index (χ1) is 14.7. The quantitative estimate of drug-likeness (QED) is 0.432. The highest BCUT2D eigenvalue weighted by atomic mass is 32.2. The summed E-state index contributed by atoms with van der Waals surface area (Å²) >= 11 is 1.30. The van der Waals surface area contributed by atoms with Crippen LogP contribution in [0.4, 0.5) is 13.2 Å². The summed E-state index contributed by atoms with van der Waals surface area (Å²) in [5, 5.41) is 11.2. The molecule has 1 N–H and O–H groups in total. The molecule has 0 bridgehead atoms. The molecule has 31 heavy (non-hydrogen) atoms. The number of alkyl halides is 3. The zero-order valence-electron chi connectivity index (χ0n) is 16.9. The number of ether oxygens (including phenoxy) is 1. The fraction of sp³-hybridized carbons (Fsp3) is 0.316. The first kappa shape index (κ1) is 22.5. The Labute approximate surface area is 180 Å². The fourth-order valence-electron chi connectivity index (χ4n) is 2.74. The largest absolute Gasteiger partial charge is 0.573 e. The molecule has 0 atom stereocenters. The van der Waals surface area contributed by atoms with E-state index in [1.807, 2.05) is 19.9 Å². The second kappa shape index (κ2) is 9.33. The SMILES string of the molecule is CCNC(=O)c1nnn(-c2ccc(OC(F)(F)F)cc2)c1CSc1nc(C)cc(C)n1. The van der Waals surface area contributed by atoms with E-state index in [0.29, 0.717) is 23.1 Å². The molecule has 2 heterocycles. The van der Waals surface area contributed by atoms with Crippen LogP contribution in [-0.4, -0.2) is 43.8 Å². The third-order valence-corrected chi connectivity index (χ3v) is 4.79. The number of aromatic nitrogens is 5. The maximum atomic E-state index is 12.4. The molecule has 0 saturated heterocycles. The molecule has 3 aromatic rings. The number of hydrogen-bond acceptors (Lipinski definition) is 7. The molecule has 8 nitrogen and oxygen atoms in total. The number of halogens is 3. The lowest BCUT2D eigenvalue weighted by Gasteiger charge is -2.11. The van der Waals surface area contributed by atoms with Gasteiger partial charge in [0.1, 0.15) is 5.75 Å². The summed E-state index contributed by atoms with van der Waals surface area (Å²) < 4.78 is 42.5. The molecule has 0 unspecified atom stereocenters. The Bertz CT molecular complexity index is 1050. The van der Waals surface area contributed by atoms with Crippen molar-refractivity contribution in [1.29, 1.82) is 0 Å². The number of rotatable bonds is 7. The minimum Gasteiger partial charge on any atom is -0.406 e. The summed E-state index contributed by atoms with van der Waals surface area (Å²) in [5.41, 5.74) is 2.63. The molecule has 1 aromatic carbocycles. The Hall–Kier alpha value is -3.15. The lowest BCUT2D eigenvalue weighted by Crippen LogP contribution is -2.24. The smallest absolute Gasteiger partial charge is 0.406 e. The summed E-state index contributed by atoms with van der Waals surface area (Å²) in [4.78, 5) is 21.2. The molecule has 12 heteroatoms. The molecule has 0 aliphatic carbocycles. The maximum Gasteiger partial charge on any atom is 0.573 e. The fourth-order valence-corrected chi connectivity index (χ4v) is 3.68. The van der Waals surface area contributed by atoms with Crippen molar-refractivity contribution in [3.8, 4) is 11.4 Å². The number of carbonyl (C=O) groups is 1. The van der Waals surface area contributed by atoms with Gasteiger partial charge in [-0.1, -0.05) is 17.0 Å². The van der Waals surface area contributed by atoms with Gasteiger partial charge in [0.05, 0.1) is 11.4 Å². The number of benzene rings is 1. The van der Waals surface area contributed by atoms with E-state index in [1.54, 1.807) is 6.92 Å². The lowest BCUT2D eigenvalue weighted by molar-refractivity contribution is -0.274. The van der Waals surface area contributed by atoms with Gasteiger partial charge in [0.15, 0.2) is 10.9 Å². The number of amides is 1. The van der Waals surface area contributed by atoms with E-state index in [2.05, 4.69) is 30.3 Å².